The molecule has 14 N–H and O–H groups in total. The lowest BCUT2D eigenvalue weighted by Gasteiger charge is -2.43. The summed E-state index contributed by atoms with van der Waals surface area (Å²) in [5.41, 5.74) is -6.92. The SMILES string of the molecule is COC(=O)[C@H]1OC(=O)c2cc(O)c(O)c(O)c2[C@@H]1[C@H](CC(=O)O)C(=O)O[C@H]1[C@@H]2OC(=O)c3cc(O)c(O)c(O)c3-c3c(cc(O)c(O)c3O)C(=O)OC[C@H]1O[C@@H](OC(=O)c1cc(O)c(O)c(O)c1)[C@@H]2O. The van der Waals surface area contributed by atoms with Crippen LogP contribution in [0.2, 0.25) is 0 Å². The quantitative estimate of drug-likeness (QED) is 0.0625. The Morgan fingerprint density at radius 2 is 1.14 bits per heavy atom. The van der Waals surface area contributed by atoms with Gasteiger partial charge in [-0.1, -0.05) is 0 Å². The number of ether oxygens (including phenoxy) is 7. The standard InChI is InChI=1S/C42H34O28/c1-64-41(63)34-24(23-12(38(60)68-34)6-18(47)28(53)31(23)56)13(7-20(48)49)40(62)67-33-19-8-65-37(59)10-4-16(45)26(51)29(54)21(10)22-11(5-17(46)27(52)30(22)55)39(61)69-35(33)32(57)42(66-19)70-36(58)9-2-14(43)25(50)15(44)3-9/h2-6,13,19,24,32-35,42-47,50-57H,7-8H2,1H3,(H,48,49)/t13-,19+,24-,32+,33+,34-,35+,42-/m0/s1. The lowest BCUT2D eigenvalue weighted by molar-refractivity contribution is -0.288. The molecule has 70 heavy (non-hydrogen) atoms. The Morgan fingerprint density at radius 1 is 0.643 bits per heavy atom. The van der Waals surface area contributed by atoms with Gasteiger partial charge in [0.2, 0.25) is 29.6 Å². The molecule has 0 aromatic heterocycles. The van der Waals surface area contributed by atoms with E-state index in [1.54, 1.807) is 0 Å². The molecule has 3 heterocycles. The van der Waals surface area contributed by atoms with Crippen LogP contribution in [0.1, 0.15) is 59.3 Å². The first-order valence-electron chi connectivity index (χ1n) is 19.6. The number of carboxylic acid groups (broad SMARTS) is 1. The van der Waals surface area contributed by atoms with Crippen LogP contribution in [0.15, 0.2) is 30.3 Å². The van der Waals surface area contributed by atoms with Crippen molar-refractivity contribution < 1.29 is 138 Å². The highest BCUT2D eigenvalue weighted by molar-refractivity contribution is 6.08. The minimum Gasteiger partial charge on any atom is -0.504 e. The molecule has 7 rings (SSSR count). The number of cyclic esters (lactones) is 2. The second-order valence-corrected chi connectivity index (χ2v) is 15.3. The third-order valence-electron chi connectivity index (χ3n) is 11.2. The minimum atomic E-state index is -2.68. The molecule has 370 valence electrons. The van der Waals surface area contributed by atoms with Crippen molar-refractivity contribution in [1.29, 1.82) is 0 Å². The van der Waals surface area contributed by atoms with Crippen LogP contribution >= 0.6 is 0 Å². The van der Waals surface area contributed by atoms with Crippen LogP contribution in [-0.2, 0) is 47.5 Å². The molecule has 0 spiro atoms. The summed E-state index contributed by atoms with van der Waals surface area (Å²) in [6.07, 6.45) is -16.4. The first-order chi connectivity index (χ1) is 32.9. The van der Waals surface area contributed by atoms with E-state index >= 15 is 0 Å². The zero-order chi connectivity index (χ0) is 51.5. The number of rotatable bonds is 8. The summed E-state index contributed by atoms with van der Waals surface area (Å²) in [5.74, 6) is -32.0. The molecule has 2 bridgehead atoms. The van der Waals surface area contributed by atoms with E-state index in [1.807, 2.05) is 0 Å². The number of phenolic OH excluding ortho intramolecular Hbond substituents is 12. The van der Waals surface area contributed by atoms with Crippen LogP contribution in [-0.4, -0.2) is 164 Å². The van der Waals surface area contributed by atoms with Gasteiger partial charge in [0, 0.05) is 16.7 Å². The van der Waals surface area contributed by atoms with Gasteiger partial charge in [-0.05, 0) is 30.3 Å². The van der Waals surface area contributed by atoms with E-state index in [0.717, 1.165) is 7.11 Å². The normalized spacial score (nSPS) is 22.1. The van der Waals surface area contributed by atoms with Crippen molar-refractivity contribution in [2.75, 3.05) is 13.7 Å². The summed E-state index contributed by atoms with van der Waals surface area (Å²) in [6.45, 7) is -1.35. The van der Waals surface area contributed by atoms with Crippen molar-refractivity contribution in [2.24, 2.45) is 5.92 Å². The van der Waals surface area contributed by atoms with Crippen molar-refractivity contribution in [3.05, 3.63) is 58.1 Å². The Bertz CT molecular complexity index is 2900. The Morgan fingerprint density at radius 3 is 1.69 bits per heavy atom. The molecule has 28 heteroatoms. The number of fused-ring (bicyclic) bond motifs is 6. The monoisotopic (exact) mass is 986 g/mol. The number of methoxy groups -OCH3 is 1. The number of benzene rings is 4. The number of aliphatic hydroxyl groups excluding tert-OH is 1. The van der Waals surface area contributed by atoms with Crippen LogP contribution in [0.3, 0.4) is 0 Å². The van der Waals surface area contributed by atoms with Gasteiger partial charge in [0.05, 0.1) is 47.6 Å². The highest BCUT2D eigenvalue weighted by Crippen LogP contribution is 2.54. The smallest absolute Gasteiger partial charge is 0.347 e. The van der Waals surface area contributed by atoms with Gasteiger partial charge in [-0.3, -0.25) is 9.59 Å². The van der Waals surface area contributed by atoms with Crippen molar-refractivity contribution in [3.8, 4) is 80.1 Å². The number of aliphatic carboxylic acids is 1. The van der Waals surface area contributed by atoms with Crippen LogP contribution in [0, 0.1) is 5.92 Å². The van der Waals surface area contributed by atoms with E-state index in [0.29, 0.717) is 30.3 Å². The summed E-state index contributed by atoms with van der Waals surface area (Å²) in [4.78, 5) is 95.1. The molecular formula is C42H34O28. The van der Waals surface area contributed by atoms with Crippen LogP contribution in [0.4, 0.5) is 0 Å². The number of aromatic hydroxyl groups is 12. The molecule has 3 aliphatic heterocycles. The predicted molar refractivity (Wildman–Crippen MR) is 214 cm³/mol. The van der Waals surface area contributed by atoms with E-state index in [4.69, 9.17) is 28.4 Å². The van der Waals surface area contributed by atoms with Gasteiger partial charge in [-0.15, -0.1) is 0 Å². The maximum atomic E-state index is 14.7. The molecule has 1 fully saturated rings. The number of phenols is 12. The summed E-state index contributed by atoms with van der Waals surface area (Å²) in [6, 6.07) is 2.43. The molecule has 1 saturated heterocycles. The first-order valence-corrected chi connectivity index (χ1v) is 19.6. The van der Waals surface area contributed by atoms with Crippen molar-refractivity contribution in [2.45, 2.75) is 49.1 Å². The predicted octanol–water partition coefficient (Wildman–Crippen LogP) is -0.0421. The summed E-state index contributed by atoms with van der Waals surface area (Å²) in [7, 11) is 0.765. The van der Waals surface area contributed by atoms with E-state index in [-0.39, 0.29) is 0 Å². The second-order valence-electron chi connectivity index (χ2n) is 15.3. The number of hydrogen-bond donors (Lipinski definition) is 14. The second kappa shape index (κ2) is 18.1. The maximum absolute atomic E-state index is 14.7. The Hall–Kier alpha value is -9.31. The molecular weight excluding hydrogens is 952 g/mol. The van der Waals surface area contributed by atoms with E-state index in [9.17, 15) is 105 Å². The van der Waals surface area contributed by atoms with Gasteiger partial charge < -0.3 is 105 Å². The number of carbonyl (C=O) groups excluding carboxylic acids is 6. The fourth-order valence-electron chi connectivity index (χ4n) is 7.90. The van der Waals surface area contributed by atoms with E-state index < -0.39 is 211 Å². The molecule has 4 aromatic rings. The number of carboxylic acids is 1. The Labute approximate surface area is 386 Å². The highest BCUT2D eigenvalue weighted by Gasteiger charge is 2.56. The molecule has 0 saturated carbocycles. The van der Waals surface area contributed by atoms with Gasteiger partial charge >= 0.3 is 41.8 Å². The Balaban J connectivity index is 1.41. The molecule has 28 nitrogen and oxygen atoms in total. The summed E-state index contributed by atoms with van der Waals surface area (Å²) >= 11 is 0. The van der Waals surface area contributed by atoms with Crippen molar-refractivity contribution >= 4 is 41.8 Å². The molecule has 4 aromatic carbocycles. The largest absolute Gasteiger partial charge is 0.504 e. The van der Waals surface area contributed by atoms with Gasteiger partial charge in [0.25, 0.3) is 0 Å². The van der Waals surface area contributed by atoms with Crippen LogP contribution < -0.4 is 0 Å². The zero-order valence-electron chi connectivity index (χ0n) is 34.9. The highest BCUT2D eigenvalue weighted by atomic mass is 16.7. The first kappa shape index (κ1) is 48.6. The van der Waals surface area contributed by atoms with Crippen molar-refractivity contribution in [1.82, 2.24) is 0 Å². The average molecular weight is 987 g/mol. The fourth-order valence-corrected chi connectivity index (χ4v) is 7.90. The average Bonchev–Trinajstić information content (AvgIpc) is 3.31. The van der Waals surface area contributed by atoms with Crippen LogP contribution in [0.5, 0.6) is 69.0 Å². The van der Waals surface area contributed by atoms with Crippen LogP contribution in [0.25, 0.3) is 11.1 Å². The molecule has 0 unspecified atom stereocenters. The molecule has 0 amide bonds. The lowest BCUT2D eigenvalue weighted by Crippen LogP contribution is -2.62. The van der Waals surface area contributed by atoms with E-state index in [2.05, 4.69) is 4.74 Å². The molecule has 3 aliphatic rings. The lowest BCUT2D eigenvalue weighted by atomic mass is 9.75. The van der Waals surface area contributed by atoms with Crippen molar-refractivity contribution in [3.63, 3.8) is 0 Å². The topological polar surface area (TPSA) is 467 Å². The molecule has 0 aliphatic carbocycles. The molecule has 0 radical (unpaired) electrons. The van der Waals surface area contributed by atoms with Gasteiger partial charge in [0.1, 0.15) is 12.7 Å². The minimum absolute atomic E-state index is 0.347. The third kappa shape index (κ3) is 8.27. The third-order valence-corrected chi connectivity index (χ3v) is 11.2. The maximum Gasteiger partial charge on any atom is 0.347 e. The number of carbonyl (C=O) groups is 7. The molecule has 8 atom stereocenters. The summed E-state index contributed by atoms with van der Waals surface area (Å²) in [5, 5.41) is 147. The van der Waals surface area contributed by atoms with E-state index in [1.165, 1.54) is 0 Å². The summed E-state index contributed by atoms with van der Waals surface area (Å²) < 4.78 is 37.3. The van der Waals surface area contributed by atoms with Gasteiger partial charge in [0.15, 0.2) is 70.1 Å². The number of esters is 6. The fraction of sp³-hybridized carbons (Fsp3) is 0.262. The Kier molecular flexibility index (Phi) is 12.5. The van der Waals surface area contributed by atoms with Gasteiger partial charge in [-0.2, -0.15) is 0 Å². The zero-order valence-corrected chi connectivity index (χ0v) is 34.9. The van der Waals surface area contributed by atoms with Gasteiger partial charge in [-0.25, -0.2) is 24.0 Å². The number of aliphatic hydroxyl groups is 1. The number of hydrogen-bond acceptors (Lipinski definition) is 27.